The summed E-state index contributed by atoms with van der Waals surface area (Å²) in [5, 5.41) is 5.24. The number of amides is 3. The Morgan fingerprint density at radius 3 is 2.50 bits per heavy atom. The van der Waals surface area contributed by atoms with Crippen LogP contribution in [0.2, 0.25) is 10.0 Å². The molecule has 3 N–H and O–H groups in total. The van der Waals surface area contributed by atoms with Crippen LogP contribution < -0.4 is 16.2 Å². The Balaban J connectivity index is 1.69. The van der Waals surface area contributed by atoms with Gasteiger partial charge in [-0.15, -0.1) is 11.3 Å². The standard InChI is InChI=1S/C17H15Cl2N3O3S/c18-11-3-5-14(13(19)10-11)20-15(23)7-8-17(25)22-21-16(24)6-4-12-2-1-9-26-12/h1-6,9-10H,7-8H2,(H,20,23)(H,21,24)(H,22,25)/b6-4+. The number of hydrazine groups is 1. The van der Waals surface area contributed by atoms with E-state index in [4.69, 9.17) is 23.2 Å². The van der Waals surface area contributed by atoms with Crippen LogP contribution in [0.1, 0.15) is 17.7 Å². The van der Waals surface area contributed by atoms with Gasteiger partial charge in [-0.1, -0.05) is 29.3 Å². The first-order valence-corrected chi connectivity index (χ1v) is 9.13. The summed E-state index contributed by atoms with van der Waals surface area (Å²) in [5.74, 6) is -1.34. The van der Waals surface area contributed by atoms with Crippen LogP contribution in [0.4, 0.5) is 5.69 Å². The van der Waals surface area contributed by atoms with E-state index in [0.29, 0.717) is 15.7 Å². The highest BCUT2D eigenvalue weighted by Crippen LogP contribution is 2.25. The predicted molar refractivity (Wildman–Crippen MR) is 104 cm³/mol. The van der Waals surface area contributed by atoms with E-state index in [1.807, 2.05) is 17.5 Å². The summed E-state index contributed by atoms with van der Waals surface area (Å²) >= 11 is 13.2. The molecule has 0 aliphatic rings. The normalized spacial score (nSPS) is 10.5. The highest BCUT2D eigenvalue weighted by atomic mass is 35.5. The number of carbonyl (C=O) groups excluding carboxylic acids is 3. The van der Waals surface area contributed by atoms with Crippen LogP contribution in [-0.4, -0.2) is 17.7 Å². The van der Waals surface area contributed by atoms with Gasteiger partial charge in [0.05, 0.1) is 10.7 Å². The number of halogens is 2. The molecule has 0 fully saturated rings. The van der Waals surface area contributed by atoms with Crippen molar-refractivity contribution < 1.29 is 14.4 Å². The van der Waals surface area contributed by atoms with Crippen molar-refractivity contribution in [3.8, 4) is 0 Å². The van der Waals surface area contributed by atoms with Crippen LogP contribution in [0.15, 0.2) is 41.8 Å². The van der Waals surface area contributed by atoms with E-state index in [-0.39, 0.29) is 18.7 Å². The van der Waals surface area contributed by atoms with Gasteiger partial charge in [-0.25, -0.2) is 0 Å². The largest absolute Gasteiger partial charge is 0.325 e. The summed E-state index contributed by atoms with van der Waals surface area (Å²) in [7, 11) is 0. The summed E-state index contributed by atoms with van der Waals surface area (Å²) in [6.07, 6.45) is 2.79. The van der Waals surface area contributed by atoms with Crippen molar-refractivity contribution in [3.05, 3.63) is 56.7 Å². The van der Waals surface area contributed by atoms with Gasteiger partial charge in [0.2, 0.25) is 11.8 Å². The number of hydrogen-bond donors (Lipinski definition) is 3. The fourth-order valence-corrected chi connectivity index (χ4v) is 2.88. The molecule has 1 heterocycles. The second-order valence-corrected chi connectivity index (χ2v) is 6.88. The number of rotatable bonds is 6. The van der Waals surface area contributed by atoms with Gasteiger partial charge < -0.3 is 5.32 Å². The molecule has 0 spiro atoms. The lowest BCUT2D eigenvalue weighted by molar-refractivity contribution is -0.128. The third-order valence-electron chi connectivity index (χ3n) is 3.05. The Hall–Kier alpha value is -2.35. The van der Waals surface area contributed by atoms with Crippen LogP contribution in [0.3, 0.4) is 0 Å². The van der Waals surface area contributed by atoms with E-state index >= 15 is 0 Å². The van der Waals surface area contributed by atoms with E-state index in [1.165, 1.54) is 23.5 Å². The number of anilines is 1. The van der Waals surface area contributed by atoms with Crippen LogP contribution in [0.5, 0.6) is 0 Å². The lowest BCUT2D eigenvalue weighted by atomic mass is 10.2. The third kappa shape index (κ3) is 6.87. The quantitative estimate of drug-likeness (QED) is 0.500. The number of hydrogen-bond acceptors (Lipinski definition) is 4. The van der Waals surface area contributed by atoms with E-state index in [9.17, 15) is 14.4 Å². The molecule has 0 atom stereocenters. The van der Waals surface area contributed by atoms with E-state index in [1.54, 1.807) is 18.2 Å². The van der Waals surface area contributed by atoms with E-state index in [2.05, 4.69) is 16.2 Å². The lowest BCUT2D eigenvalue weighted by Crippen LogP contribution is -2.40. The second kappa shape index (κ2) is 9.96. The van der Waals surface area contributed by atoms with E-state index < -0.39 is 11.8 Å². The molecule has 0 radical (unpaired) electrons. The van der Waals surface area contributed by atoms with Crippen LogP contribution in [-0.2, 0) is 14.4 Å². The van der Waals surface area contributed by atoms with Gasteiger partial charge in [0.1, 0.15) is 0 Å². The van der Waals surface area contributed by atoms with Crippen molar-refractivity contribution in [2.24, 2.45) is 0 Å². The van der Waals surface area contributed by atoms with Crippen molar-refractivity contribution in [2.75, 3.05) is 5.32 Å². The second-order valence-electron chi connectivity index (χ2n) is 5.06. The number of thiophene rings is 1. The topological polar surface area (TPSA) is 87.3 Å². The first-order chi connectivity index (χ1) is 12.4. The summed E-state index contributed by atoms with van der Waals surface area (Å²) in [4.78, 5) is 36.0. The molecule has 3 amide bonds. The average molecular weight is 412 g/mol. The zero-order valence-electron chi connectivity index (χ0n) is 13.4. The summed E-state index contributed by atoms with van der Waals surface area (Å²) < 4.78 is 0. The Kier molecular flexibility index (Phi) is 7.65. The summed E-state index contributed by atoms with van der Waals surface area (Å²) in [6.45, 7) is 0. The fraction of sp³-hybridized carbons (Fsp3) is 0.118. The number of nitrogens with one attached hydrogen (secondary N) is 3. The van der Waals surface area contributed by atoms with Gasteiger partial charge in [-0.2, -0.15) is 0 Å². The first-order valence-electron chi connectivity index (χ1n) is 7.49. The Labute approximate surface area is 164 Å². The molecular weight excluding hydrogens is 397 g/mol. The molecule has 1 aromatic carbocycles. The van der Waals surface area contributed by atoms with Gasteiger partial charge >= 0.3 is 0 Å². The molecule has 0 saturated heterocycles. The average Bonchev–Trinajstić information content (AvgIpc) is 3.12. The van der Waals surface area contributed by atoms with Gasteiger partial charge in [0, 0.05) is 28.8 Å². The molecule has 0 bridgehead atoms. The SMILES string of the molecule is O=C(/C=C/c1cccs1)NNC(=O)CCC(=O)Nc1ccc(Cl)cc1Cl. The molecular formula is C17H15Cl2N3O3S. The zero-order valence-corrected chi connectivity index (χ0v) is 15.8. The lowest BCUT2D eigenvalue weighted by Gasteiger charge is -2.08. The molecule has 0 unspecified atom stereocenters. The van der Waals surface area contributed by atoms with Crippen molar-refractivity contribution >= 4 is 64.0 Å². The van der Waals surface area contributed by atoms with Crippen molar-refractivity contribution in [1.82, 2.24) is 10.9 Å². The third-order valence-corrected chi connectivity index (χ3v) is 4.44. The van der Waals surface area contributed by atoms with Crippen LogP contribution in [0.25, 0.3) is 6.08 Å². The Morgan fingerprint density at radius 1 is 1.04 bits per heavy atom. The molecule has 0 aliphatic carbocycles. The Morgan fingerprint density at radius 2 is 1.81 bits per heavy atom. The highest BCUT2D eigenvalue weighted by Gasteiger charge is 2.09. The fourth-order valence-electron chi connectivity index (χ4n) is 1.81. The minimum atomic E-state index is -0.486. The van der Waals surface area contributed by atoms with Gasteiger partial charge in [0.25, 0.3) is 5.91 Å². The molecule has 9 heteroatoms. The maximum absolute atomic E-state index is 11.8. The van der Waals surface area contributed by atoms with Crippen LogP contribution >= 0.6 is 34.5 Å². The van der Waals surface area contributed by atoms with Crippen LogP contribution in [0, 0.1) is 0 Å². The molecule has 0 saturated carbocycles. The number of benzene rings is 1. The molecule has 2 rings (SSSR count). The monoisotopic (exact) mass is 411 g/mol. The van der Waals surface area contributed by atoms with Gasteiger partial charge in [0.15, 0.2) is 0 Å². The van der Waals surface area contributed by atoms with Crippen molar-refractivity contribution in [1.29, 1.82) is 0 Å². The molecule has 136 valence electrons. The first kappa shape index (κ1) is 20.0. The highest BCUT2D eigenvalue weighted by molar-refractivity contribution is 7.10. The molecule has 26 heavy (non-hydrogen) atoms. The zero-order chi connectivity index (χ0) is 18.9. The molecule has 2 aromatic rings. The molecule has 6 nitrogen and oxygen atoms in total. The van der Waals surface area contributed by atoms with E-state index in [0.717, 1.165) is 4.88 Å². The molecule has 1 aromatic heterocycles. The Bertz CT molecular complexity index is 823. The number of carbonyl (C=O) groups is 3. The smallest absolute Gasteiger partial charge is 0.262 e. The van der Waals surface area contributed by atoms with Crippen molar-refractivity contribution in [2.45, 2.75) is 12.8 Å². The minimum Gasteiger partial charge on any atom is -0.325 e. The maximum Gasteiger partial charge on any atom is 0.262 e. The van der Waals surface area contributed by atoms with Gasteiger partial charge in [-0.05, 0) is 35.7 Å². The van der Waals surface area contributed by atoms with Crippen molar-refractivity contribution in [3.63, 3.8) is 0 Å². The summed E-state index contributed by atoms with van der Waals surface area (Å²) in [6, 6.07) is 8.40. The molecule has 0 aliphatic heterocycles. The minimum absolute atomic E-state index is 0.0638. The summed E-state index contributed by atoms with van der Waals surface area (Å²) in [5.41, 5.74) is 4.90. The predicted octanol–water partition coefficient (Wildman–Crippen LogP) is 3.63. The van der Waals surface area contributed by atoms with Gasteiger partial charge in [-0.3, -0.25) is 25.2 Å². The maximum atomic E-state index is 11.8.